The maximum absolute atomic E-state index is 12.5. The number of benzene rings is 1. The molecule has 2 fully saturated rings. The zero-order valence-electron chi connectivity index (χ0n) is 11.1. The maximum atomic E-state index is 12.5. The summed E-state index contributed by atoms with van der Waals surface area (Å²) < 4.78 is 0. The number of nitrogens with one attached hydrogen (secondary N) is 1. The van der Waals surface area contributed by atoms with Crippen LogP contribution in [0.25, 0.3) is 0 Å². The van der Waals surface area contributed by atoms with E-state index in [0.29, 0.717) is 23.7 Å². The lowest BCUT2D eigenvalue weighted by atomic mass is 9.51. The molecule has 2 bridgehead atoms. The number of rotatable bonds is 0. The Morgan fingerprint density at radius 2 is 2.05 bits per heavy atom. The van der Waals surface area contributed by atoms with Gasteiger partial charge in [0.2, 0.25) is 0 Å². The van der Waals surface area contributed by atoms with E-state index in [0.717, 1.165) is 25.8 Å². The molecule has 1 aromatic rings. The molecule has 1 heterocycles. The highest BCUT2D eigenvalue weighted by molar-refractivity contribution is 5.86. The molecule has 1 N–H and O–H groups in total. The van der Waals surface area contributed by atoms with Gasteiger partial charge in [-0.2, -0.15) is 0 Å². The van der Waals surface area contributed by atoms with Gasteiger partial charge in [0, 0.05) is 23.8 Å². The fourth-order valence-corrected chi connectivity index (χ4v) is 5.84. The van der Waals surface area contributed by atoms with Crippen LogP contribution in [0.4, 0.5) is 0 Å². The van der Waals surface area contributed by atoms with E-state index < -0.39 is 0 Å². The summed E-state index contributed by atoms with van der Waals surface area (Å²) in [4.78, 5) is 12.5. The first kappa shape index (κ1) is 10.6. The van der Waals surface area contributed by atoms with Gasteiger partial charge in [0.25, 0.3) is 0 Å². The fourth-order valence-electron chi connectivity index (χ4n) is 5.84. The second kappa shape index (κ2) is 3.29. The molecule has 1 saturated heterocycles. The minimum Gasteiger partial charge on any atom is -0.313 e. The Morgan fingerprint density at radius 3 is 2.95 bits per heavy atom. The van der Waals surface area contributed by atoms with Gasteiger partial charge in [-0.15, -0.1) is 0 Å². The number of carbonyl (C=O) groups is 1. The minimum atomic E-state index is 0.218. The number of hydrogen-bond donors (Lipinski definition) is 1. The van der Waals surface area contributed by atoms with E-state index in [2.05, 4.69) is 23.5 Å². The minimum absolute atomic E-state index is 0.218. The van der Waals surface area contributed by atoms with Crippen LogP contribution in [0.2, 0.25) is 0 Å². The second-order valence-electron chi connectivity index (χ2n) is 6.87. The molecule has 5 rings (SSSR count). The van der Waals surface area contributed by atoms with E-state index in [4.69, 9.17) is 0 Å². The first-order valence-corrected chi connectivity index (χ1v) is 7.68. The van der Waals surface area contributed by atoms with Crippen LogP contribution in [-0.2, 0) is 23.1 Å². The summed E-state index contributed by atoms with van der Waals surface area (Å²) in [5.74, 6) is 1.55. The predicted octanol–water partition coefficient (Wildman–Crippen LogP) is 1.99. The van der Waals surface area contributed by atoms with Crippen LogP contribution in [0, 0.1) is 11.8 Å². The highest BCUT2D eigenvalue weighted by atomic mass is 16.1. The summed E-state index contributed by atoms with van der Waals surface area (Å²) in [5.41, 5.74) is 4.84. The largest absolute Gasteiger partial charge is 0.313 e. The van der Waals surface area contributed by atoms with Crippen molar-refractivity contribution < 1.29 is 4.79 Å². The van der Waals surface area contributed by atoms with Crippen molar-refractivity contribution in [1.29, 1.82) is 0 Å². The highest BCUT2D eigenvalue weighted by Gasteiger charge is 2.61. The lowest BCUT2D eigenvalue weighted by molar-refractivity contribution is -0.131. The Hall–Kier alpha value is -1.15. The normalized spacial score (nSPS) is 42.1. The lowest BCUT2D eigenvalue weighted by Gasteiger charge is -2.56. The average Bonchev–Trinajstić information content (AvgIpc) is 2.74. The number of ketones is 1. The van der Waals surface area contributed by atoms with Crippen LogP contribution in [0.5, 0.6) is 0 Å². The van der Waals surface area contributed by atoms with E-state index in [1.807, 2.05) is 0 Å². The molecular formula is C17H19NO. The fraction of sp³-hybridized carbons (Fsp3) is 0.588. The van der Waals surface area contributed by atoms with Crippen LogP contribution >= 0.6 is 0 Å². The molecule has 4 unspecified atom stereocenters. The Labute approximate surface area is 113 Å². The molecule has 19 heavy (non-hydrogen) atoms. The third-order valence-electron chi connectivity index (χ3n) is 6.37. The molecule has 1 spiro atoms. The SMILES string of the molecule is O=C1CCC2C3Cc4cccc5c4C2(CCN3)C1C5. The standard InChI is InChI=1S/C17H19NO/c19-15-5-4-12-14-9-11-3-1-2-10-8-13(15)17(12,16(10)11)6-7-18-14/h1-3,12-14,18H,4-9H2. The van der Waals surface area contributed by atoms with E-state index >= 15 is 0 Å². The van der Waals surface area contributed by atoms with Crippen molar-refractivity contribution in [2.45, 2.75) is 43.6 Å². The van der Waals surface area contributed by atoms with Crippen LogP contribution in [0.15, 0.2) is 18.2 Å². The van der Waals surface area contributed by atoms with Crippen LogP contribution in [0.3, 0.4) is 0 Å². The Kier molecular flexibility index (Phi) is 1.84. The van der Waals surface area contributed by atoms with Gasteiger partial charge in [-0.3, -0.25) is 4.79 Å². The van der Waals surface area contributed by atoms with E-state index in [1.54, 1.807) is 5.56 Å². The number of carbonyl (C=O) groups excluding carboxylic acids is 1. The first-order chi connectivity index (χ1) is 9.30. The van der Waals surface area contributed by atoms with Gasteiger partial charge in [-0.1, -0.05) is 18.2 Å². The molecule has 0 amide bonds. The average molecular weight is 253 g/mol. The van der Waals surface area contributed by atoms with Crippen molar-refractivity contribution >= 4 is 5.78 Å². The maximum Gasteiger partial charge on any atom is 0.137 e. The number of hydrogen-bond acceptors (Lipinski definition) is 2. The zero-order chi connectivity index (χ0) is 12.6. The van der Waals surface area contributed by atoms with Crippen molar-refractivity contribution in [2.75, 3.05) is 6.54 Å². The van der Waals surface area contributed by atoms with Gasteiger partial charge in [0.05, 0.1) is 0 Å². The Morgan fingerprint density at radius 1 is 1.21 bits per heavy atom. The molecule has 1 saturated carbocycles. The van der Waals surface area contributed by atoms with Crippen LogP contribution in [0.1, 0.15) is 36.0 Å². The molecule has 2 nitrogen and oxygen atoms in total. The molecule has 3 aliphatic carbocycles. The summed E-state index contributed by atoms with van der Waals surface area (Å²) in [6.07, 6.45) is 5.30. The topological polar surface area (TPSA) is 29.1 Å². The molecule has 1 aromatic carbocycles. The van der Waals surface area contributed by atoms with Crippen LogP contribution in [-0.4, -0.2) is 18.4 Å². The molecule has 4 aliphatic rings. The van der Waals surface area contributed by atoms with Gasteiger partial charge in [0.15, 0.2) is 0 Å². The summed E-state index contributed by atoms with van der Waals surface area (Å²) in [7, 11) is 0. The van der Waals surface area contributed by atoms with Gasteiger partial charge >= 0.3 is 0 Å². The van der Waals surface area contributed by atoms with Gasteiger partial charge in [-0.25, -0.2) is 0 Å². The lowest BCUT2D eigenvalue weighted by Crippen LogP contribution is -2.62. The predicted molar refractivity (Wildman–Crippen MR) is 73.2 cm³/mol. The number of piperidine rings is 1. The molecule has 0 aromatic heterocycles. The molecular weight excluding hydrogens is 234 g/mol. The highest BCUT2D eigenvalue weighted by Crippen LogP contribution is 2.60. The number of Topliss-reactive ketones (excluding diaryl/α,β-unsaturated/α-hetero) is 1. The Balaban J connectivity index is 1.84. The van der Waals surface area contributed by atoms with E-state index in [-0.39, 0.29) is 5.41 Å². The third kappa shape index (κ3) is 1.07. The summed E-state index contributed by atoms with van der Waals surface area (Å²) in [6, 6.07) is 7.39. The van der Waals surface area contributed by atoms with Crippen molar-refractivity contribution in [3.63, 3.8) is 0 Å². The van der Waals surface area contributed by atoms with Crippen molar-refractivity contribution in [2.24, 2.45) is 11.8 Å². The first-order valence-electron chi connectivity index (χ1n) is 7.68. The molecule has 4 atom stereocenters. The smallest absolute Gasteiger partial charge is 0.137 e. The molecule has 2 heteroatoms. The van der Waals surface area contributed by atoms with Gasteiger partial charge < -0.3 is 5.32 Å². The summed E-state index contributed by atoms with van der Waals surface area (Å²) in [5, 5.41) is 3.73. The van der Waals surface area contributed by atoms with E-state index in [9.17, 15) is 4.79 Å². The van der Waals surface area contributed by atoms with Crippen molar-refractivity contribution in [3.8, 4) is 0 Å². The van der Waals surface area contributed by atoms with Crippen molar-refractivity contribution in [3.05, 3.63) is 34.9 Å². The monoisotopic (exact) mass is 253 g/mol. The molecule has 98 valence electrons. The van der Waals surface area contributed by atoms with Gasteiger partial charge in [0.1, 0.15) is 5.78 Å². The quantitative estimate of drug-likeness (QED) is 0.766. The third-order valence-corrected chi connectivity index (χ3v) is 6.37. The second-order valence-corrected chi connectivity index (χ2v) is 6.87. The summed E-state index contributed by atoms with van der Waals surface area (Å²) in [6.45, 7) is 1.10. The zero-order valence-corrected chi connectivity index (χ0v) is 11.1. The van der Waals surface area contributed by atoms with E-state index in [1.165, 1.54) is 24.0 Å². The molecule has 0 radical (unpaired) electrons. The van der Waals surface area contributed by atoms with Gasteiger partial charge in [-0.05, 0) is 54.8 Å². The molecule has 1 aliphatic heterocycles. The van der Waals surface area contributed by atoms with Crippen molar-refractivity contribution in [1.82, 2.24) is 5.32 Å². The Bertz CT molecular complexity index is 593. The van der Waals surface area contributed by atoms with Crippen LogP contribution < -0.4 is 5.32 Å². The summed E-state index contributed by atoms with van der Waals surface area (Å²) >= 11 is 0.